The molecule has 0 radical (unpaired) electrons. The average molecular weight is 326 g/mol. The maximum Gasteiger partial charge on any atom is 0.238 e. The topological polar surface area (TPSA) is 41.1 Å². The fourth-order valence-electron chi connectivity index (χ4n) is 2.95. The highest BCUT2D eigenvalue weighted by molar-refractivity contribution is 7.99. The van der Waals surface area contributed by atoms with Crippen molar-refractivity contribution in [2.75, 3.05) is 11.6 Å². The summed E-state index contributed by atoms with van der Waals surface area (Å²) in [6, 6.07) is 20.4. The van der Waals surface area contributed by atoms with E-state index in [-0.39, 0.29) is 11.9 Å². The van der Waals surface area contributed by atoms with Gasteiger partial charge < -0.3 is 5.32 Å². The normalized spacial score (nSPS) is 20.0. The molecule has 0 bridgehead atoms. The van der Waals surface area contributed by atoms with Crippen LogP contribution in [-0.2, 0) is 16.8 Å². The molecule has 0 aromatic heterocycles. The van der Waals surface area contributed by atoms with E-state index >= 15 is 0 Å². The van der Waals surface area contributed by atoms with Crippen molar-refractivity contribution in [3.8, 4) is 0 Å². The van der Waals surface area contributed by atoms with E-state index in [1.165, 1.54) is 5.56 Å². The van der Waals surface area contributed by atoms with Crippen LogP contribution in [0.3, 0.4) is 0 Å². The molecular formula is C19H22N2OS. The summed E-state index contributed by atoms with van der Waals surface area (Å²) in [6.45, 7) is 2.11. The van der Waals surface area contributed by atoms with Crippen LogP contribution in [0.2, 0.25) is 0 Å². The lowest BCUT2D eigenvalue weighted by Gasteiger charge is -2.33. The van der Waals surface area contributed by atoms with E-state index in [4.69, 9.17) is 0 Å². The van der Waals surface area contributed by atoms with Gasteiger partial charge in [0.2, 0.25) is 5.91 Å². The minimum absolute atomic E-state index is 0.0808. The van der Waals surface area contributed by atoms with Crippen LogP contribution in [0, 0.1) is 0 Å². The Morgan fingerprint density at radius 1 is 1.17 bits per heavy atom. The predicted molar refractivity (Wildman–Crippen MR) is 96.3 cm³/mol. The summed E-state index contributed by atoms with van der Waals surface area (Å²) in [6.07, 6.45) is 0.767. The first-order chi connectivity index (χ1) is 11.2. The number of carbonyl (C=O) groups is 1. The largest absolute Gasteiger partial charge is 0.345 e. The molecule has 1 fully saturated rings. The number of rotatable bonds is 5. The number of amides is 1. The lowest BCUT2D eigenvalue weighted by atomic mass is 9.85. The van der Waals surface area contributed by atoms with Gasteiger partial charge in [0.15, 0.2) is 0 Å². The molecule has 0 saturated carbocycles. The van der Waals surface area contributed by atoms with Gasteiger partial charge in [0.25, 0.3) is 0 Å². The Balaban J connectivity index is 1.85. The molecule has 1 saturated heterocycles. The Kier molecular flexibility index (Phi) is 5.03. The monoisotopic (exact) mass is 326 g/mol. The number of thioether (sulfide) groups is 1. The van der Waals surface area contributed by atoms with Crippen LogP contribution in [-0.4, -0.2) is 23.6 Å². The summed E-state index contributed by atoms with van der Waals surface area (Å²) in [5, 5.41) is 6.53. The van der Waals surface area contributed by atoms with Gasteiger partial charge in [0, 0.05) is 11.6 Å². The van der Waals surface area contributed by atoms with E-state index in [2.05, 4.69) is 41.8 Å². The number of carbonyl (C=O) groups excluding carboxylic acids is 1. The molecule has 4 heteroatoms. The first-order valence-electron chi connectivity index (χ1n) is 7.90. The third-order valence-electron chi connectivity index (χ3n) is 4.24. The maximum absolute atomic E-state index is 12.6. The van der Waals surface area contributed by atoms with Gasteiger partial charge in [-0.1, -0.05) is 60.7 Å². The molecule has 1 aliphatic rings. The molecule has 1 heterocycles. The van der Waals surface area contributed by atoms with Crippen molar-refractivity contribution in [3.05, 3.63) is 71.8 Å². The second-order valence-corrected chi connectivity index (χ2v) is 7.15. The van der Waals surface area contributed by atoms with Gasteiger partial charge >= 0.3 is 0 Å². The zero-order chi connectivity index (χ0) is 16.1. The molecule has 2 unspecified atom stereocenters. The van der Waals surface area contributed by atoms with Crippen molar-refractivity contribution < 1.29 is 4.79 Å². The van der Waals surface area contributed by atoms with E-state index in [1.54, 1.807) is 11.8 Å². The zero-order valence-corrected chi connectivity index (χ0v) is 14.1. The van der Waals surface area contributed by atoms with Crippen LogP contribution >= 0.6 is 11.8 Å². The van der Waals surface area contributed by atoms with Gasteiger partial charge in [-0.25, -0.2) is 0 Å². The molecule has 3 nitrogen and oxygen atoms in total. The quantitative estimate of drug-likeness (QED) is 0.888. The molecule has 2 aromatic rings. The number of nitrogens with one attached hydrogen (secondary N) is 2. The molecular weight excluding hydrogens is 304 g/mol. The first-order valence-corrected chi connectivity index (χ1v) is 9.05. The van der Waals surface area contributed by atoms with E-state index < -0.39 is 5.54 Å². The van der Waals surface area contributed by atoms with Crippen molar-refractivity contribution in [2.24, 2.45) is 0 Å². The van der Waals surface area contributed by atoms with Crippen LogP contribution in [0.15, 0.2) is 60.7 Å². The van der Waals surface area contributed by atoms with Crippen LogP contribution in [0.1, 0.15) is 18.1 Å². The fraction of sp³-hybridized carbons (Fsp3) is 0.316. The molecule has 2 aromatic carbocycles. The Morgan fingerprint density at radius 2 is 1.83 bits per heavy atom. The van der Waals surface area contributed by atoms with Crippen LogP contribution < -0.4 is 10.6 Å². The van der Waals surface area contributed by atoms with Crippen LogP contribution in [0.25, 0.3) is 0 Å². The highest BCUT2D eigenvalue weighted by Gasteiger charge is 2.32. The first kappa shape index (κ1) is 16.1. The summed E-state index contributed by atoms with van der Waals surface area (Å²) in [4.78, 5) is 12.6. The maximum atomic E-state index is 12.6. The Labute approximate surface area is 141 Å². The Hall–Kier alpha value is -1.78. The summed E-state index contributed by atoms with van der Waals surface area (Å²) >= 11 is 1.76. The van der Waals surface area contributed by atoms with Gasteiger partial charge in [0.05, 0.1) is 11.6 Å². The van der Waals surface area contributed by atoms with Crippen molar-refractivity contribution in [2.45, 2.75) is 24.9 Å². The molecule has 120 valence electrons. The minimum atomic E-state index is -0.422. The minimum Gasteiger partial charge on any atom is -0.345 e. The molecule has 1 aliphatic heterocycles. The highest BCUT2D eigenvalue weighted by Crippen LogP contribution is 2.26. The third kappa shape index (κ3) is 3.95. The molecule has 2 atom stereocenters. The van der Waals surface area contributed by atoms with Gasteiger partial charge in [-0.05, 0) is 24.5 Å². The van der Waals surface area contributed by atoms with Gasteiger partial charge in [-0.3, -0.25) is 10.1 Å². The number of hydrogen-bond donors (Lipinski definition) is 2. The van der Waals surface area contributed by atoms with Gasteiger partial charge in [-0.15, -0.1) is 11.8 Å². The smallest absolute Gasteiger partial charge is 0.238 e. The van der Waals surface area contributed by atoms with Crippen molar-refractivity contribution in [3.63, 3.8) is 0 Å². The summed E-state index contributed by atoms with van der Waals surface area (Å²) in [7, 11) is 0. The molecule has 0 aliphatic carbocycles. The van der Waals surface area contributed by atoms with Gasteiger partial charge in [-0.2, -0.15) is 0 Å². The van der Waals surface area contributed by atoms with E-state index in [1.807, 2.05) is 36.4 Å². The zero-order valence-electron chi connectivity index (χ0n) is 13.3. The SMILES string of the molecule is CC(Cc1ccccc1)(NC(=O)C1CSCN1)c1ccccc1. The summed E-state index contributed by atoms with van der Waals surface area (Å²) < 4.78 is 0. The molecule has 0 spiro atoms. The number of hydrogen-bond acceptors (Lipinski definition) is 3. The van der Waals surface area contributed by atoms with Crippen molar-refractivity contribution in [1.29, 1.82) is 0 Å². The average Bonchev–Trinajstić information content (AvgIpc) is 3.11. The molecule has 23 heavy (non-hydrogen) atoms. The standard InChI is InChI=1S/C19H22N2OS/c1-19(16-10-6-3-7-11-16,12-15-8-4-2-5-9-15)21-18(22)17-13-23-14-20-17/h2-11,17,20H,12-14H2,1H3,(H,21,22). The number of benzene rings is 2. The highest BCUT2D eigenvalue weighted by atomic mass is 32.2. The van der Waals surface area contributed by atoms with E-state index in [0.29, 0.717) is 0 Å². The van der Waals surface area contributed by atoms with E-state index in [9.17, 15) is 4.79 Å². The van der Waals surface area contributed by atoms with Crippen molar-refractivity contribution in [1.82, 2.24) is 10.6 Å². The second-order valence-electron chi connectivity index (χ2n) is 6.12. The fourth-order valence-corrected chi connectivity index (χ4v) is 3.89. The summed E-state index contributed by atoms with van der Waals surface area (Å²) in [5.74, 6) is 1.76. The summed E-state index contributed by atoms with van der Waals surface area (Å²) in [5.41, 5.74) is 1.92. The lowest BCUT2D eigenvalue weighted by Crippen LogP contribution is -2.52. The van der Waals surface area contributed by atoms with E-state index in [0.717, 1.165) is 23.6 Å². The second kappa shape index (κ2) is 7.20. The van der Waals surface area contributed by atoms with Crippen LogP contribution in [0.5, 0.6) is 0 Å². The lowest BCUT2D eigenvalue weighted by molar-refractivity contribution is -0.124. The molecule has 3 rings (SSSR count). The van der Waals surface area contributed by atoms with Gasteiger partial charge in [0.1, 0.15) is 0 Å². The van der Waals surface area contributed by atoms with Crippen molar-refractivity contribution >= 4 is 17.7 Å². The molecule has 1 amide bonds. The predicted octanol–water partition coefficient (Wildman–Crippen LogP) is 2.92. The Bertz CT molecular complexity index is 641. The molecule has 2 N–H and O–H groups in total. The Morgan fingerprint density at radius 3 is 2.43 bits per heavy atom. The van der Waals surface area contributed by atoms with Crippen LogP contribution in [0.4, 0.5) is 0 Å². The third-order valence-corrected chi connectivity index (χ3v) is 5.18.